The molecule has 1 aromatic carbocycles. The first-order valence-electron chi connectivity index (χ1n) is 8.66. The minimum Gasteiger partial charge on any atom is -0.544 e. The Morgan fingerprint density at radius 2 is 2.00 bits per heavy atom. The van der Waals surface area contributed by atoms with Crippen LogP contribution in [0, 0.1) is 17.6 Å². The van der Waals surface area contributed by atoms with Crippen molar-refractivity contribution in [2.75, 3.05) is 11.9 Å². The fourth-order valence-electron chi connectivity index (χ4n) is 2.59. The number of carboxylic acid groups (broad SMARTS) is 1. The summed E-state index contributed by atoms with van der Waals surface area (Å²) in [5.41, 5.74) is -0.183. The third-order valence-corrected chi connectivity index (χ3v) is 4.21. The number of carbonyl (C=O) groups is 2. The summed E-state index contributed by atoms with van der Waals surface area (Å²) in [5.74, 6) is -3.28. The number of carbonyl (C=O) groups excluding carboxylic acids is 2. The normalized spacial score (nSPS) is 13.3. The third kappa shape index (κ3) is 7.60. The van der Waals surface area contributed by atoms with Crippen molar-refractivity contribution >= 4 is 17.6 Å². The number of quaternary nitrogens is 1. The molecule has 2 atom stereocenters. The number of amides is 1. The fourth-order valence-corrected chi connectivity index (χ4v) is 2.59. The van der Waals surface area contributed by atoms with Crippen molar-refractivity contribution in [2.24, 2.45) is 5.92 Å². The molecule has 1 amide bonds. The zero-order valence-electron chi connectivity index (χ0n) is 14.7. The number of benzene rings is 1. The van der Waals surface area contributed by atoms with Crippen molar-refractivity contribution in [1.82, 2.24) is 0 Å². The minimum atomic E-state index is -1.33. The molecular formula is C18H26F2N2O3. The van der Waals surface area contributed by atoms with Crippen LogP contribution in [0.5, 0.6) is 0 Å². The molecule has 3 N–H and O–H groups in total. The van der Waals surface area contributed by atoms with Crippen molar-refractivity contribution in [3.63, 3.8) is 0 Å². The van der Waals surface area contributed by atoms with Gasteiger partial charge in [-0.3, -0.25) is 4.79 Å². The molecule has 0 bridgehead atoms. The Kier molecular flexibility index (Phi) is 9.05. The lowest BCUT2D eigenvalue weighted by molar-refractivity contribution is -0.687. The van der Waals surface area contributed by atoms with Crippen LogP contribution in [0.1, 0.15) is 46.0 Å². The van der Waals surface area contributed by atoms with Crippen LogP contribution in [-0.4, -0.2) is 24.5 Å². The van der Waals surface area contributed by atoms with E-state index < -0.39 is 29.6 Å². The van der Waals surface area contributed by atoms with E-state index in [0.29, 0.717) is 18.5 Å². The minimum absolute atomic E-state index is 0.183. The Hall–Kier alpha value is -2.02. The number of hydrogen-bond acceptors (Lipinski definition) is 3. The molecule has 25 heavy (non-hydrogen) atoms. The first-order valence-corrected chi connectivity index (χ1v) is 8.66. The highest BCUT2D eigenvalue weighted by Crippen LogP contribution is 2.15. The second-order valence-electron chi connectivity index (χ2n) is 6.19. The number of anilines is 1. The molecule has 0 saturated carbocycles. The van der Waals surface area contributed by atoms with Crippen molar-refractivity contribution in [2.45, 2.75) is 52.0 Å². The van der Waals surface area contributed by atoms with E-state index in [1.54, 1.807) is 5.32 Å². The number of carboxylic acids is 1. The number of aliphatic carboxylic acids is 1. The van der Waals surface area contributed by atoms with Crippen LogP contribution in [0.25, 0.3) is 0 Å². The monoisotopic (exact) mass is 356 g/mol. The molecule has 0 spiro atoms. The highest BCUT2D eigenvalue weighted by atomic mass is 19.1. The van der Waals surface area contributed by atoms with Crippen molar-refractivity contribution in [3.8, 4) is 0 Å². The van der Waals surface area contributed by atoms with E-state index in [-0.39, 0.29) is 12.1 Å². The van der Waals surface area contributed by atoms with Crippen molar-refractivity contribution in [3.05, 3.63) is 29.8 Å². The van der Waals surface area contributed by atoms with Crippen molar-refractivity contribution < 1.29 is 28.8 Å². The van der Waals surface area contributed by atoms with Gasteiger partial charge in [-0.2, -0.15) is 0 Å². The summed E-state index contributed by atoms with van der Waals surface area (Å²) in [5, 5.41) is 15.1. The number of rotatable bonds is 11. The summed E-state index contributed by atoms with van der Waals surface area (Å²) in [7, 11) is 0. The van der Waals surface area contributed by atoms with Crippen LogP contribution in [0.15, 0.2) is 18.2 Å². The van der Waals surface area contributed by atoms with Gasteiger partial charge in [0.05, 0.1) is 24.6 Å². The van der Waals surface area contributed by atoms with Crippen LogP contribution in [-0.2, 0) is 9.59 Å². The molecule has 0 heterocycles. The van der Waals surface area contributed by atoms with Gasteiger partial charge in [0.1, 0.15) is 17.7 Å². The standard InChI is InChI=1S/C18H26F2N2O3/c1-3-5-6-12(4-2)11-21-16(18(24)25)10-17(23)22-15-8-7-13(19)9-14(15)20/h7-9,12,16,21H,3-6,10-11H2,1-2H3,(H,22,23)(H,24,25)/t12-,16+/m0/s1. The lowest BCUT2D eigenvalue weighted by Gasteiger charge is -2.20. The van der Waals surface area contributed by atoms with E-state index in [9.17, 15) is 23.5 Å². The molecule has 0 saturated heterocycles. The molecule has 1 aromatic rings. The van der Waals surface area contributed by atoms with Crippen LogP contribution in [0.4, 0.5) is 14.5 Å². The molecule has 0 aromatic heterocycles. The Labute approximate surface area is 146 Å². The second kappa shape index (κ2) is 10.8. The van der Waals surface area contributed by atoms with Gasteiger partial charge in [0.2, 0.25) is 5.91 Å². The van der Waals surface area contributed by atoms with Gasteiger partial charge in [-0.1, -0.05) is 26.7 Å². The van der Waals surface area contributed by atoms with Crippen LogP contribution < -0.4 is 15.7 Å². The number of unbranched alkanes of at least 4 members (excludes halogenated alkanes) is 1. The SMILES string of the molecule is CCCC[C@H](CC)C[NH2+][C@H](CC(=O)Nc1ccc(F)cc1F)C(=O)[O-]. The van der Waals surface area contributed by atoms with Gasteiger partial charge in [-0.25, -0.2) is 8.78 Å². The fraction of sp³-hybridized carbons (Fsp3) is 0.556. The molecule has 1 rings (SSSR count). The molecular weight excluding hydrogens is 330 g/mol. The first kappa shape index (κ1) is 21.0. The summed E-state index contributed by atoms with van der Waals surface area (Å²) in [6.07, 6.45) is 3.75. The van der Waals surface area contributed by atoms with Crippen LogP contribution >= 0.6 is 0 Å². The maximum atomic E-state index is 13.5. The Bertz CT molecular complexity index is 581. The van der Waals surface area contributed by atoms with E-state index in [4.69, 9.17) is 0 Å². The average Bonchev–Trinajstić information content (AvgIpc) is 2.56. The predicted molar refractivity (Wildman–Crippen MR) is 88.5 cm³/mol. The van der Waals surface area contributed by atoms with Gasteiger partial charge in [-0.05, 0) is 25.0 Å². The number of nitrogens with two attached hydrogens (primary N) is 1. The van der Waals surface area contributed by atoms with Crippen molar-refractivity contribution in [1.29, 1.82) is 0 Å². The molecule has 0 radical (unpaired) electrons. The second-order valence-corrected chi connectivity index (χ2v) is 6.19. The zero-order valence-corrected chi connectivity index (χ0v) is 14.7. The molecule has 140 valence electrons. The van der Waals surface area contributed by atoms with Gasteiger partial charge in [0, 0.05) is 12.0 Å². The lowest BCUT2D eigenvalue weighted by Crippen LogP contribution is -2.94. The molecule has 0 aliphatic heterocycles. The summed E-state index contributed by atoms with van der Waals surface area (Å²) in [4.78, 5) is 23.2. The highest BCUT2D eigenvalue weighted by Gasteiger charge is 2.21. The lowest BCUT2D eigenvalue weighted by atomic mass is 9.99. The molecule has 0 fully saturated rings. The quantitative estimate of drug-likeness (QED) is 0.624. The highest BCUT2D eigenvalue weighted by molar-refractivity contribution is 5.93. The summed E-state index contributed by atoms with van der Waals surface area (Å²) >= 11 is 0. The van der Waals surface area contributed by atoms with Gasteiger partial charge in [0.25, 0.3) is 0 Å². The third-order valence-electron chi connectivity index (χ3n) is 4.21. The van der Waals surface area contributed by atoms with E-state index >= 15 is 0 Å². The zero-order chi connectivity index (χ0) is 18.8. The van der Waals surface area contributed by atoms with E-state index in [1.807, 2.05) is 6.92 Å². The van der Waals surface area contributed by atoms with E-state index in [1.165, 1.54) is 0 Å². The van der Waals surface area contributed by atoms with Gasteiger partial charge in [-0.15, -0.1) is 0 Å². The largest absolute Gasteiger partial charge is 0.544 e. The summed E-state index contributed by atoms with van der Waals surface area (Å²) in [6.45, 7) is 4.73. The average molecular weight is 356 g/mol. The molecule has 0 unspecified atom stereocenters. The van der Waals surface area contributed by atoms with Gasteiger partial charge in [0.15, 0.2) is 0 Å². The maximum absolute atomic E-state index is 13.5. The van der Waals surface area contributed by atoms with E-state index in [2.05, 4.69) is 12.2 Å². The summed E-state index contributed by atoms with van der Waals surface area (Å²) in [6, 6.07) is 1.72. The number of nitrogens with one attached hydrogen (secondary N) is 1. The number of hydrogen-bond donors (Lipinski definition) is 2. The van der Waals surface area contributed by atoms with Crippen LogP contribution in [0.2, 0.25) is 0 Å². The number of halogens is 2. The van der Waals surface area contributed by atoms with E-state index in [0.717, 1.165) is 37.8 Å². The molecule has 0 aliphatic rings. The Morgan fingerprint density at radius 3 is 2.56 bits per heavy atom. The Morgan fingerprint density at radius 1 is 1.28 bits per heavy atom. The topological polar surface area (TPSA) is 85.8 Å². The Balaban J connectivity index is 2.58. The van der Waals surface area contributed by atoms with Gasteiger partial charge >= 0.3 is 0 Å². The maximum Gasteiger partial charge on any atom is 0.230 e. The molecule has 7 heteroatoms. The smallest absolute Gasteiger partial charge is 0.230 e. The first-order chi connectivity index (χ1) is 11.9. The molecule has 0 aliphatic carbocycles. The predicted octanol–water partition coefficient (Wildman–Crippen LogP) is 1.19. The summed E-state index contributed by atoms with van der Waals surface area (Å²) < 4.78 is 26.4. The molecule has 5 nitrogen and oxygen atoms in total. The van der Waals surface area contributed by atoms with Crippen LogP contribution in [0.3, 0.4) is 0 Å². The van der Waals surface area contributed by atoms with Gasteiger partial charge < -0.3 is 20.5 Å².